The number of aryl methyl sites for hydroxylation is 1. The summed E-state index contributed by atoms with van der Waals surface area (Å²) in [5, 5.41) is 5.13. The van der Waals surface area contributed by atoms with Crippen molar-refractivity contribution in [2.75, 3.05) is 19.0 Å². The van der Waals surface area contributed by atoms with Gasteiger partial charge in [0.1, 0.15) is 18.0 Å². The Morgan fingerprint density at radius 1 is 1.23 bits per heavy atom. The first-order valence-electron chi connectivity index (χ1n) is 7.88. The predicted octanol–water partition coefficient (Wildman–Crippen LogP) is 1.57. The Morgan fingerprint density at radius 3 is 2.69 bits per heavy atom. The molecule has 8 heteroatoms. The molecule has 1 aromatic carbocycles. The SMILES string of the molecule is COc1ccccc1NC(=O)CN1C(=O)N/C(=C/c2cccn2C)C1=O. The highest BCUT2D eigenvalue weighted by molar-refractivity contribution is 6.15. The van der Waals surface area contributed by atoms with Gasteiger partial charge in [0, 0.05) is 18.9 Å². The average molecular weight is 354 g/mol. The number of hydrogen-bond donors (Lipinski definition) is 2. The fourth-order valence-corrected chi connectivity index (χ4v) is 2.57. The van der Waals surface area contributed by atoms with Crippen LogP contribution >= 0.6 is 0 Å². The van der Waals surface area contributed by atoms with E-state index >= 15 is 0 Å². The zero-order valence-corrected chi connectivity index (χ0v) is 14.4. The topological polar surface area (TPSA) is 92.7 Å². The van der Waals surface area contributed by atoms with E-state index in [-0.39, 0.29) is 5.70 Å². The van der Waals surface area contributed by atoms with Crippen molar-refractivity contribution in [2.24, 2.45) is 7.05 Å². The maximum absolute atomic E-state index is 12.4. The zero-order valence-electron chi connectivity index (χ0n) is 14.4. The number of methoxy groups -OCH3 is 1. The normalized spacial score (nSPS) is 15.3. The van der Waals surface area contributed by atoms with Crippen molar-refractivity contribution >= 4 is 29.6 Å². The van der Waals surface area contributed by atoms with Crippen LogP contribution in [-0.4, -0.2) is 41.0 Å². The Kier molecular flexibility index (Phi) is 4.74. The number of amides is 4. The average Bonchev–Trinajstić information content (AvgIpc) is 3.14. The second-order valence-electron chi connectivity index (χ2n) is 5.67. The highest BCUT2D eigenvalue weighted by atomic mass is 16.5. The number of aromatic nitrogens is 1. The molecule has 0 spiro atoms. The van der Waals surface area contributed by atoms with Gasteiger partial charge in [-0.05, 0) is 30.3 Å². The largest absolute Gasteiger partial charge is 0.495 e. The first-order valence-corrected chi connectivity index (χ1v) is 7.88. The van der Waals surface area contributed by atoms with Gasteiger partial charge in [0.05, 0.1) is 12.8 Å². The molecule has 2 aromatic rings. The molecule has 1 aliphatic rings. The lowest BCUT2D eigenvalue weighted by molar-refractivity contribution is -0.127. The summed E-state index contributed by atoms with van der Waals surface area (Å²) in [5.74, 6) is -0.563. The minimum atomic E-state index is -0.634. The second-order valence-corrected chi connectivity index (χ2v) is 5.67. The van der Waals surface area contributed by atoms with Crippen LogP contribution in [0.3, 0.4) is 0 Å². The number of carbonyl (C=O) groups is 3. The summed E-state index contributed by atoms with van der Waals surface area (Å²) in [6.07, 6.45) is 3.39. The Hall–Kier alpha value is -3.55. The third kappa shape index (κ3) is 3.44. The molecule has 26 heavy (non-hydrogen) atoms. The quantitative estimate of drug-likeness (QED) is 0.630. The minimum absolute atomic E-state index is 0.127. The van der Waals surface area contributed by atoms with Crippen LogP contribution in [0.2, 0.25) is 0 Å². The van der Waals surface area contributed by atoms with Gasteiger partial charge in [0.15, 0.2) is 0 Å². The summed E-state index contributed by atoms with van der Waals surface area (Å²) in [6, 6.07) is 9.88. The molecule has 0 aliphatic carbocycles. The Labute approximate surface area is 150 Å². The van der Waals surface area contributed by atoms with Crippen molar-refractivity contribution < 1.29 is 19.1 Å². The van der Waals surface area contributed by atoms with Crippen molar-refractivity contribution in [1.29, 1.82) is 0 Å². The van der Waals surface area contributed by atoms with Gasteiger partial charge in [-0.25, -0.2) is 9.69 Å². The number of rotatable bonds is 5. The Balaban J connectivity index is 1.71. The van der Waals surface area contributed by atoms with Crippen LogP contribution in [0.25, 0.3) is 6.08 Å². The molecule has 0 radical (unpaired) electrons. The lowest BCUT2D eigenvalue weighted by atomic mass is 10.3. The molecule has 3 rings (SSSR count). The summed E-state index contributed by atoms with van der Waals surface area (Å²) in [4.78, 5) is 37.6. The zero-order chi connectivity index (χ0) is 18.7. The number of ether oxygens (including phenoxy) is 1. The van der Waals surface area contributed by atoms with Gasteiger partial charge in [-0.15, -0.1) is 0 Å². The molecule has 134 valence electrons. The van der Waals surface area contributed by atoms with E-state index in [1.165, 1.54) is 7.11 Å². The van der Waals surface area contributed by atoms with Gasteiger partial charge >= 0.3 is 6.03 Å². The van der Waals surface area contributed by atoms with E-state index < -0.39 is 24.4 Å². The van der Waals surface area contributed by atoms with Gasteiger partial charge in [0.25, 0.3) is 5.91 Å². The van der Waals surface area contributed by atoms with Crippen LogP contribution in [0, 0.1) is 0 Å². The lowest BCUT2D eigenvalue weighted by Gasteiger charge is -2.13. The molecular formula is C18H18N4O4. The summed E-state index contributed by atoms with van der Waals surface area (Å²) in [6.45, 7) is -0.396. The minimum Gasteiger partial charge on any atom is -0.495 e. The highest BCUT2D eigenvalue weighted by Crippen LogP contribution is 2.23. The molecule has 1 saturated heterocycles. The van der Waals surface area contributed by atoms with E-state index in [2.05, 4.69) is 10.6 Å². The Morgan fingerprint density at radius 2 is 2.00 bits per heavy atom. The molecule has 0 atom stereocenters. The van der Waals surface area contributed by atoms with Crippen LogP contribution < -0.4 is 15.4 Å². The molecule has 0 saturated carbocycles. The van der Waals surface area contributed by atoms with Crippen LogP contribution in [-0.2, 0) is 16.6 Å². The monoisotopic (exact) mass is 354 g/mol. The molecule has 1 aliphatic heterocycles. The maximum Gasteiger partial charge on any atom is 0.329 e. The van der Waals surface area contributed by atoms with Crippen molar-refractivity contribution in [2.45, 2.75) is 0 Å². The van der Waals surface area contributed by atoms with Crippen LogP contribution in [0.1, 0.15) is 5.69 Å². The number of anilines is 1. The molecule has 0 bridgehead atoms. The lowest BCUT2D eigenvalue weighted by Crippen LogP contribution is -2.38. The van der Waals surface area contributed by atoms with E-state index in [0.29, 0.717) is 11.4 Å². The van der Waals surface area contributed by atoms with Gasteiger partial charge < -0.3 is 19.9 Å². The number of carbonyl (C=O) groups excluding carboxylic acids is 3. The molecule has 1 aromatic heterocycles. The number of nitrogens with one attached hydrogen (secondary N) is 2. The fraction of sp³-hybridized carbons (Fsp3) is 0.167. The predicted molar refractivity (Wildman–Crippen MR) is 95.3 cm³/mol. The van der Waals surface area contributed by atoms with Gasteiger partial charge in [-0.3, -0.25) is 9.59 Å². The molecule has 1 fully saturated rings. The third-order valence-corrected chi connectivity index (χ3v) is 3.92. The van der Waals surface area contributed by atoms with Crippen molar-refractivity contribution in [3.05, 3.63) is 54.0 Å². The molecule has 0 unspecified atom stereocenters. The van der Waals surface area contributed by atoms with Gasteiger partial charge in [-0.2, -0.15) is 0 Å². The summed E-state index contributed by atoms with van der Waals surface area (Å²) >= 11 is 0. The molecule has 2 N–H and O–H groups in total. The number of urea groups is 1. The van der Waals surface area contributed by atoms with Crippen molar-refractivity contribution in [3.63, 3.8) is 0 Å². The van der Waals surface area contributed by atoms with E-state index in [9.17, 15) is 14.4 Å². The standard InChI is InChI=1S/C18H18N4O4/c1-21-9-5-6-12(21)10-14-17(24)22(18(25)20-14)11-16(23)19-13-7-3-4-8-15(13)26-2/h3-10H,11H2,1-2H3,(H,19,23)(H,20,25)/b14-10+. The summed E-state index contributed by atoms with van der Waals surface area (Å²) in [5.41, 5.74) is 1.35. The number of nitrogens with zero attached hydrogens (tertiary/aromatic N) is 2. The molecular weight excluding hydrogens is 336 g/mol. The van der Waals surface area contributed by atoms with E-state index in [0.717, 1.165) is 10.6 Å². The van der Waals surface area contributed by atoms with Crippen LogP contribution in [0.4, 0.5) is 10.5 Å². The number of para-hydroxylation sites is 2. The molecule has 2 heterocycles. The summed E-state index contributed by atoms with van der Waals surface area (Å²) in [7, 11) is 3.31. The van der Waals surface area contributed by atoms with Crippen molar-refractivity contribution in [1.82, 2.24) is 14.8 Å². The van der Waals surface area contributed by atoms with Gasteiger partial charge in [0.2, 0.25) is 5.91 Å². The van der Waals surface area contributed by atoms with E-state index in [1.54, 1.807) is 30.3 Å². The number of imide groups is 1. The number of hydrogen-bond acceptors (Lipinski definition) is 4. The van der Waals surface area contributed by atoms with Crippen LogP contribution in [0.15, 0.2) is 48.3 Å². The Bertz CT molecular complexity index is 900. The molecule has 4 amide bonds. The van der Waals surface area contributed by atoms with E-state index in [4.69, 9.17) is 4.74 Å². The molecule has 8 nitrogen and oxygen atoms in total. The van der Waals surface area contributed by atoms with Crippen molar-refractivity contribution in [3.8, 4) is 5.75 Å². The highest BCUT2D eigenvalue weighted by Gasteiger charge is 2.35. The third-order valence-electron chi connectivity index (χ3n) is 3.92. The maximum atomic E-state index is 12.4. The van der Waals surface area contributed by atoms with Gasteiger partial charge in [-0.1, -0.05) is 12.1 Å². The smallest absolute Gasteiger partial charge is 0.329 e. The van der Waals surface area contributed by atoms with Crippen LogP contribution in [0.5, 0.6) is 5.75 Å². The fourth-order valence-electron chi connectivity index (χ4n) is 2.57. The van der Waals surface area contributed by atoms with E-state index in [1.807, 2.05) is 29.9 Å². The second kappa shape index (κ2) is 7.14. The number of benzene rings is 1. The first-order chi connectivity index (χ1) is 12.5. The summed E-state index contributed by atoms with van der Waals surface area (Å²) < 4.78 is 6.97. The first kappa shape index (κ1) is 17.3.